The molecule has 0 spiro atoms. The molecule has 0 saturated carbocycles. The summed E-state index contributed by atoms with van der Waals surface area (Å²) in [5.41, 5.74) is -6.88. The van der Waals surface area contributed by atoms with Crippen molar-refractivity contribution in [2.45, 2.75) is 12.6 Å². The zero-order valence-corrected chi connectivity index (χ0v) is 9.30. The van der Waals surface area contributed by atoms with Gasteiger partial charge in [-0.2, -0.15) is 13.2 Å². The number of nitrogens with zero attached hydrogens (tertiary/aromatic N) is 2. The van der Waals surface area contributed by atoms with Gasteiger partial charge in [0, 0.05) is 6.07 Å². The van der Waals surface area contributed by atoms with Crippen molar-refractivity contribution in [2.24, 2.45) is 0 Å². The van der Waals surface area contributed by atoms with Crippen molar-refractivity contribution in [1.29, 1.82) is 0 Å². The Bertz CT molecular complexity index is 546. The quantitative estimate of drug-likeness (QED) is 0.371. The molecule has 1 aromatic rings. The topological polar surface area (TPSA) is 73.1 Å². The number of hydrogen-bond acceptors (Lipinski definition) is 4. The minimum atomic E-state index is -5.42. The standard InChI is InChI=1S/C8H2ClF5N2O3/c9-6(17)2-1-3(16(18)19)4(8(12,13)14)5(15-2)7(10)11/h1,7H. The summed E-state index contributed by atoms with van der Waals surface area (Å²) in [6.07, 6.45) is -9.18. The maximum absolute atomic E-state index is 12.6. The van der Waals surface area contributed by atoms with Crippen LogP contribution in [0, 0.1) is 10.1 Å². The lowest BCUT2D eigenvalue weighted by atomic mass is 10.1. The van der Waals surface area contributed by atoms with E-state index in [4.69, 9.17) is 11.6 Å². The summed E-state index contributed by atoms with van der Waals surface area (Å²) in [6, 6.07) is 0.101. The molecule has 5 nitrogen and oxygen atoms in total. The highest BCUT2D eigenvalue weighted by Gasteiger charge is 2.44. The van der Waals surface area contributed by atoms with Crippen LogP contribution in [0.5, 0.6) is 0 Å². The van der Waals surface area contributed by atoms with Crippen molar-refractivity contribution in [3.63, 3.8) is 0 Å². The molecular weight excluding hydrogens is 303 g/mol. The fourth-order valence-corrected chi connectivity index (χ4v) is 1.34. The zero-order chi connectivity index (χ0) is 15.0. The van der Waals surface area contributed by atoms with Crippen LogP contribution >= 0.6 is 11.6 Å². The number of halogens is 6. The Kier molecular flexibility index (Phi) is 4.03. The van der Waals surface area contributed by atoms with Crippen LogP contribution in [0.15, 0.2) is 6.07 Å². The molecule has 0 aliphatic heterocycles. The smallest absolute Gasteiger partial charge is 0.274 e. The van der Waals surface area contributed by atoms with Gasteiger partial charge in [-0.15, -0.1) is 0 Å². The van der Waals surface area contributed by atoms with Crippen LogP contribution in [0.2, 0.25) is 0 Å². The van der Waals surface area contributed by atoms with Crippen molar-refractivity contribution in [3.8, 4) is 0 Å². The average molecular weight is 305 g/mol. The second-order valence-corrected chi connectivity index (χ2v) is 3.46. The van der Waals surface area contributed by atoms with Crippen molar-refractivity contribution >= 4 is 22.5 Å². The van der Waals surface area contributed by atoms with Crippen LogP contribution in [0.3, 0.4) is 0 Å². The summed E-state index contributed by atoms with van der Waals surface area (Å²) in [5, 5.41) is 9.01. The first-order valence-electron chi connectivity index (χ1n) is 4.30. The molecule has 0 radical (unpaired) electrons. The van der Waals surface area contributed by atoms with Crippen LogP contribution in [0.4, 0.5) is 27.6 Å². The maximum Gasteiger partial charge on any atom is 0.425 e. The van der Waals surface area contributed by atoms with Gasteiger partial charge in [0.05, 0.1) is 4.92 Å². The van der Waals surface area contributed by atoms with Gasteiger partial charge in [-0.25, -0.2) is 13.8 Å². The number of carbonyl (C=O) groups is 1. The normalized spacial score (nSPS) is 11.7. The first-order chi connectivity index (χ1) is 8.55. The highest BCUT2D eigenvalue weighted by molar-refractivity contribution is 6.67. The third-order valence-electron chi connectivity index (χ3n) is 1.91. The molecule has 0 atom stereocenters. The SMILES string of the molecule is O=C(Cl)c1cc([N+](=O)[O-])c(C(F)(F)F)c(C(F)F)n1. The molecule has 11 heteroatoms. The largest absolute Gasteiger partial charge is 0.425 e. The van der Waals surface area contributed by atoms with E-state index in [-0.39, 0.29) is 6.07 Å². The predicted octanol–water partition coefficient (Wildman–Crippen LogP) is 3.33. The molecule has 0 N–H and O–H groups in total. The van der Waals surface area contributed by atoms with Crippen LogP contribution in [0.1, 0.15) is 28.2 Å². The average Bonchev–Trinajstić information content (AvgIpc) is 2.25. The van der Waals surface area contributed by atoms with Crippen molar-refractivity contribution < 1.29 is 31.7 Å². The highest BCUT2D eigenvalue weighted by Crippen LogP contribution is 2.41. The summed E-state index contributed by atoms with van der Waals surface area (Å²) in [7, 11) is 0. The lowest BCUT2D eigenvalue weighted by Crippen LogP contribution is -2.16. The Balaban J connectivity index is 3.76. The number of rotatable bonds is 3. The Morgan fingerprint density at radius 3 is 2.26 bits per heavy atom. The number of aromatic nitrogens is 1. The van der Waals surface area contributed by atoms with E-state index in [9.17, 15) is 36.9 Å². The Morgan fingerprint density at radius 2 is 1.95 bits per heavy atom. The van der Waals surface area contributed by atoms with E-state index in [2.05, 4.69) is 4.98 Å². The van der Waals surface area contributed by atoms with E-state index < -0.39 is 45.4 Å². The van der Waals surface area contributed by atoms with Crippen LogP contribution in [-0.4, -0.2) is 15.1 Å². The van der Waals surface area contributed by atoms with E-state index in [0.29, 0.717) is 0 Å². The number of hydrogen-bond donors (Lipinski definition) is 0. The number of alkyl halides is 5. The fraction of sp³-hybridized carbons (Fsp3) is 0.250. The van der Waals surface area contributed by atoms with E-state index in [1.807, 2.05) is 0 Å². The number of nitro groups is 1. The fourth-order valence-electron chi connectivity index (χ4n) is 1.24. The third kappa shape index (κ3) is 3.13. The molecule has 1 rings (SSSR count). The van der Waals surface area contributed by atoms with Crippen molar-refractivity contribution in [2.75, 3.05) is 0 Å². The van der Waals surface area contributed by atoms with E-state index in [1.54, 1.807) is 0 Å². The van der Waals surface area contributed by atoms with Gasteiger partial charge in [-0.1, -0.05) is 0 Å². The second-order valence-electron chi connectivity index (χ2n) is 3.12. The second kappa shape index (κ2) is 5.03. The summed E-state index contributed by atoms with van der Waals surface area (Å²) in [6.45, 7) is 0. The van der Waals surface area contributed by atoms with Gasteiger partial charge in [-0.05, 0) is 11.6 Å². The van der Waals surface area contributed by atoms with Crippen LogP contribution < -0.4 is 0 Å². The molecule has 0 aliphatic rings. The summed E-state index contributed by atoms with van der Waals surface area (Å²) in [4.78, 5) is 22.4. The molecule has 0 aliphatic carbocycles. The molecule has 19 heavy (non-hydrogen) atoms. The van der Waals surface area contributed by atoms with E-state index in [0.717, 1.165) is 0 Å². The summed E-state index contributed by atoms with van der Waals surface area (Å²) in [5.74, 6) is 0. The summed E-state index contributed by atoms with van der Waals surface area (Å²) >= 11 is 4.87. The Hall–Kier alpha value is -1.84. The lowest BCUT2D eigenvalue weighted by molar-refractivity contribution is -0.388. The van der Waals surface area contributed by atoms with E-state index in [1.165, 1.54) is 0 Å². The number of pyridine rings is 1. The Labute approximate surface area is 106 Å². The van der Waals surface area contributed by atoms with E-state index >= 15 is 0 Å². The molecule has 0 bridgehead atoms. The third-order valence-corrected chi connectivity index (χ3v) is 2.11. The molecular formula is C8H2ClF5N2O3. The molecule has 0 saturated heterocycles. The van der Waals surface area contributed by atoms with Crippen molar-refractivity contribution in [1.82, 2.24) is 4.98 Å². The molecule has 104 valence electrons. The molecule has 1 aromatic heterocycles. The highest BCUT2D eigenvalue weighted by atomic mass is 35.5. The monoisotopic (exact) mass is 304 g/mol. The summed E-state index contributed by atoms with van der Waals surface area (Å²) < 4.78 is 62.7. The lowest BCUT2D eigenvalue weighted by Gasteiger charge is -2.12. The van der Waals surface area contributed by atoms with Gasteiger partial charge < -0.3 is 0 Å². The van der Waals surface area contributed by atoms with Gasteiger partial charge in [0.1, 0.15) is 11.4 Å². The Morgan fingerprint density at radius 1 is 1.42 bits per heavy atom. The minimum Gasteiger partial charge on any atom is -0.274 e. The van der Waals surface area contributed by atoms with Crippen LogP contribution in [0.25, 0.3) is 0 Å². The molecule has 0 amide bonds. The van der Waals surface area contributed by atoms with Gasteiger partial charge in [0.25, 0.3) is 17.4 Å². The minimum absolute atomic E-state index is 0.101. The van der Waals surface area contributed by atoms with Crippen molar-refractivity contribution in [3.05, 3.63) is 33.1 Å². The van der Waals surface area contributed by atoms with Gasteiger partial charge >= 0.3 is 6.18 Å². The van der Waals surface area contributed by atoms with Crippen LogP contribution in [-0.2, 0) is 6.18 Å². The number of carbonyl (C=O) groups excluding carboxylic acids is 1. The van der Waals surface area contributed by atoms with Gasteiger partial charge in [0.15, 0.2) is 5.56 Å². The molecule has 0 aromatic carbocycles. The molecule has 1 heterocycles. The van der Waals surface area contributed by atoms with Gasteiger partial charge in [-0.3, -0.25) is 14.9 Å². The maximum atomic E-state index is 12.6. The van der Waals surface area contributed by atoms with Gasteiger partial charge in [0.2, 0.25) is 0 Å². The molecule has 0 unspecified atom stereocenters. The predicted molar refractivity (Wildman–Crippen MR) is 51.0 cm³/mol. The first-order valence-corrected chi connectivity index (χ1v) is 4.68. The molecule has 0 fully saturated rings. The first kappa shape index (κ1) is 15.2. The zero-order valence-electron chi connectivity index (χ0n) is 8.54.